The van der Waals surface area contributed by atoms with Gasteiger partial charge in [0.25, 0.3) is 0 Å². The molecule has 4 aliphatic carbocycles. The molecule has 21 atom stereocenters. The van der Waals surface area contributed by atoms with Crippen LogP contribution >= 0.6 is 0 Å². The van der Waals surface area contributed by atoms with Gasteiger partial charge in [-0.15, -0.1) is 0 Å². The lowest BCUT2D eigenvalue weighted by atomic mass is 9.32. The highest BCUT2D eigenvalue weighted by Gasteiger charge is 2.77. The molecule has 0 aromatic rings. The van der Waals surface area contributed by atoms with Crippen molar-refractivity contribution in [2.45, 2.75) is 212 Å². The summed E-state index contributed by atoms with van der Waals surface area (Å²) in [5.41, 5.74) is -3.93. The van der Waals surface area contributed by atoms with Crippen LogP contribution in [0, 0.1) is 44.8 Å². The van der Waals surface area contributed by atoms with Crippen molar-refractivity contribution in [2.75, 3.05) is 13.2 Å². The number of aliphatic hydroxyl groups excluding tert-OH is 7. The lowest BCUT2D eigenvalue weighted by Crippen LogP contribution is -2.71. The van der Waals surface area contributed by atoms with Gasteiger partial charge in [-0.2, -0.15) is 0 Å². The van der Waals surface area contributed by atoms with Gasteiger partial charge >= 0.3 is 5.97 Å². The Kier molecular flexibility index (Phi) is 11.9. The molecular formula is C44H74O15. The lowest BCUT2D eigenvalue weighted by Gasteiger charge is -2.73. The van der Waals surface area contributed by atoms with Crippen molar-refractivity contribution >= 4 is 5.97 Å². The van der Waals surface area contributed by atoms with E-state index in [1.165, 1.54) is 6.92 Å². The fraction of sp³-hybridized carbons (Fsp3) is 0.977. The Labute approximate surface area is 349 Å². The predicted octanol–water partition coefficient (Wildman–Crippen LogP) is 1.93. The van der Waals surface area contributed by atoms with Crippen molar-refractivity contribution in [1.29, 1.82) is 0 Å². The molecule has 0 spiro atoms. The maximum Gasteiger partial charge on any atom is 0.303 e. The van der Waals surface area contributed by atoms with Crippen molar-refractivity contribution in [1.82, 2.24) is 0 Å². The molecule has 0 radical (unpaired) electrons. The van der Waals surface area contributed by atoms with Crippen LogP contribution in [-0.4, -0.2) is 151 Å². The summed E-state index contributed by atoms with van der Waals surface area (Å²) >= 11 is 0. The molecule has 15 nitrogen and oxygen atoms in total. The first-order chi connectivity index (χ1) is 27.2. The molecule has 15 heteroatoms. The molecular weight excluding hydrogens is 768 g/mol. The van der Waals surface area contributed by atoms with Gasteiger partial charge in [-0.05, 0) is 111 Å². The second-order valence-corrected chi connectivity index (χ2v) is 22.0. The van der Waals surface area contributed by atoms with Gasteiger partial charge in [-0.25, -0.2) is 0 Å². The number of rotatable bonds is 8. The molecule has 3 aliphatic heterocycles. The van der Waals surface area contributed by atoms with Crippen LogP contribution in [0.5, 0.6) is 0 Å². The molecule has 21 unspecified atom stereocenters. The maximum absolute atomic E-state index is 12.3. The van der Waals surface area contributed by atoms with E-state index in [9.17, 15) is 45.6 Å². The highest BCUT2D eigenvalue weighted by Crippen LogP contribution is 2.79. The summed E-state index contributed by atoms with van der Waals surface area (Å²) in [5.74, 6) is -1.16. The summed E-state index contributed by atoms with van der Waals surface area (Å²) in [6.07, 6.45) is -9.27. The number of hydrogen-bond acceptors (Lipinski definition) is 15. The third-order valence-corrected chi connectivity index (χ3v) is 18.0. The van der Waals surface area contributed by atoms with Gasteiger partial charge in [0.05, 0.1) is 48.8 Å². The Morgan fingerprint density at radius 1 is 0.746 bits per heavy atom. The molecule has 3 saturated heterocycles. The van der Waals surface area contributed by atoms with Crippen molar-refractivity contribution < 1.29 is 74.1 Å². The minimum absolute atomic E-state index is 0.0143. The number of hydrogen-bond donors (Lipinski definition) is 8. The maximum atomic E-state index is 12.3. The van der Waals surface area contributed by atoms with E-state index in [1.54, 1.807) is 13.8 Å². The zero-order chi connectivity index (χ0) is 43.6. The summed E-state index contributed by atoms with van der Waals surface area (Å²) in [6, 6.07) is 0. The highest BCUT2D eigenvalue weighted by molar-refractivity contribution is 5.66. The first kappa shape index (κ1) is 46.0. The van der Waals surface area contributed by atoms with E-state index in [0.29, 0.717) is 38.5 Å². The van der Waals surface area contributed by atoms with E-state index < -0.39 is 114 Å². The van der Waals surface area contributed by atoms with Gasteiger partial charge in [0.2, 0.25) is 0 Å². The van der Waals surface area contributed by atoms with E-state index in [0.717, 1.165) is 12.8 Å². The van der Waals surface area contributed by atoms with Crippen LogP contribution in [0.15, 0.2) is 0 Å². The number of ether oxygens (including phenoxy) is 6. The first-order valence-corrected chi connectivity index (χ1v) is 22.0. The van der Waals surface area contributed by atoms with E-state index in [2.05, 4.69) is 48.5 Å². The number of carbonyl (C=O) groups is 1. The molecule has 4 saturated carbocycles. The third kappa shape index (κ3) is 6.98. The summed E-state index contributed by atoms with van der Waals surface area (Å²) in [6.45, 7) is 19.6. The van der Waals surface area contributed by atoms with Gasteiger partial charge in [0, 0.05) is 12.8 Å². The second-order valence-electron chi connectivity index (χ2n) is 22.0. The predicted molar refractivity (Wildman–Crippen MR) is 210 cm³/mol. The quantitative estimate of drug-likeness (QED) is 0.129. The summed E-state index contributed by atoms with van der Waals surface area (Å²) in [7, 11) is 0. The average molecular weight is 843 g/mol. The normalized spacial score (nSPS) is 54.9. The summed E-state index contributed by atoms with van der Waals surface area (Å²) in [5, 5.41) is 87.6. The molecule has 0 amide bonds. The van der Waals surface area contributed by atoms with E-state index >= 15 is 0 Å². The third-order valence-electron chi connectivity index (χ3n) is 18.0. The van der Waals surface area contributed by atoms with Gasteiger partial charge < -0.3 is 69.3 Å². The van der Waals surface area contributed by atoms with E-state index in [4.69, 9.17) is 28.4 Å². The molecule has 7 fully saturated rings. The van der Waals surface area contributed by atoms with Gasteiger partial charge in [-0.1, -0.05) is 41.5 Å². The molecule has 340 valence electrons. The molecule has 59 heavy (non-hydrogen) atoms. The summed E-state index contributed by atoms with van der Waals surface area (Å²) in [4.78, 5) is 12.1. The molecule has 8 N–H and O–H groups in total. The number of fused-ring (bicyclic) bond motifs is 5. The minimum atomic E-state index is -1.63. The van der Waals surface area contributed by atoms with Crippen LogP contribution in [0.4, 0.5) is 0 Å². The molecule has 7 aliphatic rings. The van der Waals surface area contributed by atoms with Crippen molar-refractivity contribution in [2.24, 2.45) is 44.8 Å². The van der Waals surface area contributed by atoms with Crippen LogP contribution in [0.25, 0.3) is 0 Å². The number of carbonyl (C=O) groups excluding carboxylic acids is 1. The fourth-order valence-electron chi connectivity index (χ4n) is 14.8. The topological polar surface area (TPSA) is 234 Å². The molecule has 3 heterocycles. The Morgan fingerprint density at radius 2 is 1.39 bits per heavy atom. The Hall–Kier alpha value is -1.05. The van der Waals surface area contributed by atoms with E-state index in [-0.39, 0.29) is 41.3 Å². The second kappa shape index (κ2) is 15.3. The lowest BCUT2D eigenvalue weighted by molar-refractivity contribution is -0.356. The highest BCUT2D eigenvalue weighted by atomic mass is 16.7. The monoisotopic (exact) mass is 843 g/mol. The van der Waals surface area contributed by atoms with Crippen molar-refractivity contribution in [3.8, 4) is 0 Å². The van der Waals surface area contributed by atoms with Crippen molar-refractivity contribution in [3.05, 3.63) is 0 Å². The molecule has 0 aromatic heterocycles. The SMILES string of the molecule is CC(=O)OC1C(OC2CCC3(C)C(C(OC4OC(CO)C(O)C(O)C4O)CC4C5(C)CC(O)C(C6(C)CCC(C(C)(C)O)O6)C5(C)CCC43C)C2(C)C)OCC(O)C1O. The zero-order valence-corrected chi connectivity index (χ0v) is 36.7. The number of esters is 1. The van der Waals surface area contributed by atoms with Crippen LogP contribution in [0.2, 0.25) is 0 Å². The Balaban J connectivity index is 1.27. The van der Waals surface area contributed by atoms with Gasteiger partial charge in [-0.3, -0.25) is 4.79 Å². The molecule has 0 aromatic carbocycles. The molecule has 7 rings (SSSR count). The van der Waals surface area contributed by atoms with Crippen LogP contribution < -0.4 is 0 Å². The average Bonchev–Trinajstić information content (AvgIpc) is 3.64. The zero-order valence-electron chi connectivity index (χ0n) is 36.7. The Morgan fingerprint density at radius 3 is 2.00 bits per heavy atom. The fourth-order valence-corrected chi connectivity index (χ4v) is 14.8. The van der Waals surface area contributed by atoms with Gasteiger partial charge in [0.15, 0.2) is 18.7 Å². The smallest absolute Gasteiger partial charge is 0.303 e. The first-order valence-electron chi connectivity index (χ1n) is 22.0. The van der Waals surface area contributed by atoms with Crippen LogP contribution in [0.3, 0.4) is 0 Å². The minimum Gasteiger partial charge on any atom is -0.454 e. The van der Waals surface area contributed by atoms with Crippen molar-refractivity contribution in [3.63, 3.8) is 0 Å². The van der Waals surface area contributed by atoms with Crippen LogP contribution in [0.1, 0.15) is 121 Å². The Bertz CT molecular complexity index is 1550. The van der Waals surface area contributed by atoms with E-state index in [1.807, 2.05) is 0 Å². The molecule has 0 bridgehead atoms. The standard InChI is InChI=1S/C44H74O15/c1-21(46)55-33-29(49)23(48)20-54-37(33)58-27-11-13-41(7)35(38(27,2)3)24(56-36-32(52)31(51)30(50)25(19-45)57-36)17-26-40(41,6)15-16-42(8)34(22(47)18-43(26,42)9)44(10)14-12-28(59-44)39(4,5)53/h22-37,45,47-53H,11-20H2,1-10H3. The number of aliphatic hydroxyl groups is 8. The van der Waals surface area contributed by atoms with Crippen LogP contribution in [-0.2, 0) is 33.2 Å². The summed E-state index contributed by atoms with van der Waals surface area (Å²) < 4.78 is 37.8. The van der Waals surface area contributed by atoms with Gasteiger partial charge in [0.1, 0.15) is 36.6 Å². The largest absolute Gasteiger partial charge is 0.454 e.